The summed E-state index contributed by atoms with van der Waals surface area (Å²) in [5, 5.41) is 3.88. The van der Waals surface area contributed by atoms with Gasteiger partial charge in [-0.1, -0.05) is 36.4 Å². The summed E-state index contributed by atoms with van der Waals surface area (Å²) in [6.45, 7) is 12.3. The summed E-state index contributed by atoms with van der Waals surface area (Å²) in [7, 11) is 2.10. The number of hydrogen-bond donors (Lipinski definition) is 1. The van der Waals surface area contributed by atoms with Crippen LogP contribution in [0.1, 0.15) is 31.5 Å². The molecule has 0 saturated carbocycles. The van der Waals surface area contributed by atoms with Gasteiger partial charge in [-0.3, -0.25) is 19.7 Å². The molecule has 35 heavy (non-hydrogen) atoms. The van der Waals surface area contributed by atoms with Gasteiger partial charge in [-0.05, 0) is 52.9 Å². The highest BCUT2D eigenvalue weighted by Crippen LogP contribution is 2.34. The summed E-state index contributed by atoms with van der Waals surface area (Å²) >= 11 is 6.70. The lowest BCUT2D eigenvalue weighted by molar-refractivity contribution is -0.121. The molecule has 0 bridgehead atoms. The third-order valence-corrected chi connectivity index (χ3v) is 6.65. The van der Waals surface area contributed by atoms with Crippen molar-refractivity contribution in [3.05, 3.63) is 77.0 Å². The Balaban J connectivity index is 1.66. The molecule has 1 aromatic heterocycles. The van der Waals surface area contributed by atoms with Gasteiger partial charge < -0.3 is 10.2 Å². The Hall–Kier alpha value is -3.29. The third-order valence-electron chi connectivity index (χ3n) is 6.33. The molecule has 1 saturated heterocycles. The molecule has 0 aliphatic carbocycles. The van der Waals surface area contributed by atoms with Crippen LogP contribution in [0.3, 0.4) is 0 Å². The number of carbonyl (C=O) groups excluding carboxylic acids is 1. The number of carbonyl (C=O) groups is 1. The Labute approximate surface area is 211 Å². The average molecular weight is 491 g/mol. The van der Waals surface area contributed by atoms with Gasteiger partial charge in [-0.2, -0.15) is 0 Å². The number of allylic oxidation sites excluding steroid dienone is 1. The molecule has 2 aromatic rings. The second-order valence-electron chi connectivity index (χ2n) is 8.81. The maximum absolute atomic E-state index is 13.6. The molecule has 4 rings (SSSR count). The quantitative estimate of drug-likeness (QED) is 0.647. The number of amidine groups is 1. The normalized spacial score (nSPS) is 21.1. The van der Waals surface area contributed by atoms with Crippen LogP contribution in [0, 0.1) is 6.92 Å². The van der Waals surface area contributed by atoms with Crippen LogP contribution in [0.4, 0.5) is 0 Å². The van der Waals surface area contributed by atoms with E-state index in [9.17, 15) is 4.79 Å². The number of nitrogens with one attached hydrogen (secondary N) is 1. The van der Waals surface area contributed by atoms with E-state index in [2.05, 4.69) is 33.8 Å². The molecular formula is C27H31ClN6O. The highest BCUT2D eigenvalue weighted by atomic mass is 35.5. The van der Waals surface area contributed by atoms with E-state index in [1.807, 2.05) is 51.1 Å². The monoisotopic (exact) mass is 490 g/mol. The maximum atomic E-state index is 13.6. The van der Waals surface area contributed by atoms with Crippen LogP contribution >= 0.6 is 11.6 Å². The molecule has 2 aliphatic heterocycles. The molecule has 2 aliphatic rings. The van der Waals surface area contributed by atoms with Gasteiger partial charge in [0.25, 0.3) is 5.91 Å². The number of nitrogens with zero attached hydrogens (tertiary/aromatic N) is 5. The zero-order valence-corrected chi connectivity index (χ0v) is 21.4. The fourth-order valence-corrected chi connectivity index (χ4v) is 4.81. The Morgan fingerprint density at radius 1 is 1.34 bits per heavy atom. The van der Waals surface area contributed by atoms with Crippen molar-refractivity contribution in [2.24, 2.45) is 4.99 Å². The van der Waals surface area contributed by atoms with Crippen molar-refractivity contribution >= 4 is 28.9 Å². The van der Waals surface area contributed by atoms with Crippen molar-refractivity contribution in [1.82, 2.24) is 25.1 Å². The maximum Gasteiger partial charge on any atom is 0.260 e. The molecule has 1 aromatic carbocycles. The predicted octanol–water partition coefficient (Wildman–Crippen LogP) is 4.46. The van der Waals surface area contributed by atoms with Gasteiger partial charge in [0, 0.05) is 58.8 Å². The first kappa shape index (κ1) is 24.8. The number of likely N-dealkylation sites (tertiary alicyclic amines) is 1. The molecular weight excluding hydrogens is 460 g/mol. The first-order valence-corrected chi connectivity index (χ1v) is 12.2. The van der Waals surface area contributed by atoms with E-state index in [1.165, 1.54) is 0 Å². The number of benzene rings is 1. The fraction of sp³-hybridized carbons (Fsp3) is 0.333. The third kappa shape index (κ3) is 5.21. The van der Waals surface area contributed by atoms with Crippen LogP contribution in [0.15, 0.2) is 65.7 Å². The Kier molecular flexibility index (Phi) is 7.48. The van der Waals surface area contributed by atoms with Gasteiger partial charge in [0.1, 0.15) is 11.7 Å². The lowest BCUT2D eigenvalue weighted by atomic mass is 9.95. The predicted molar refractivity (Wildman–Crippen MR) is 142 cm³/mol. The Bertz CT molecular complexity index is 1250. The summed E-state index contributed by atoms with van der Waals surface area (Å²) in [6, 6.07) is 5.94. The van der Waals surface area contributed by atoms with E-state index >= 15 is 0 Å². The molecule has 1 atom stereocenters. The fourth-order valence-electron chi connectivity index (χ4n) is 4.52. The first-order valence-electron chi connectivity index (χ1n) is 11.8. The second-order valence-corrected chi connectivity index (χ2v) is 9.22. The number of rotatable bonds is 6. The Morgan fingerprint density at radius 3 is 2.74 bits per heavy atom. The Morgan fingerprint density at radius 2 is 2.11 bits per heavy atom. The van der Waals surface area contributed by atoms with Crippen molar-refractivity contribution in [3.63, 3.8) is 0 Å². The number of amides is 1. The molecule has 0 radical (unpaired) electrons. The zero-order chi connectivity index (χ0) is 25.1. The lowest BCUT2D eigenvalue weighted by Crippen LogP contribution is -2.41. The van der Waals surface area contributed by atoms with Gasteiger partial charge in [-0.15, -0.1) is 0 Å². The van der Waals surface area contributed by atoms with E-state index in [4.69, 9.17) is 16.6 Å². The number of hydrogen-bond acceptors (Lipinski definition) is 6. The minimum atomic E-state index is -0.143. The van der Waals surface area contributed by atoms with Crippen LogP contribution in [-0.4, -0.2) is 64.2 Å². The van der Waals surface area contributed by atoms with Gasteiger partial charge >= 0.3 is 0 Å². The average Bonchev–Trinajstić information content (AvgIpc) is 3.24. The molecule has 182 valence electrons. The highest BCUT2D eigenvalue weighted by molar-refractivity contribution is 6.37. The minimum absolute atomic E-state index is 0.143. The number of aromatic nitrogens is 2. The van der Waals surface area contributed by atoms with Crippen molar-refractivity contribution in [1.29, 1.82) is 0 Å². The molecule has 8 heteroatoms. The molecule has 1 fully saturated rings. The first-order chi connectivity index (χ1) is 16.8. The number of likely N-dealkylation sites (N-methyl/N-ethyl adjacent to an activating group) is 2. The van der Waals surface area contributed by atoms with E-state index < -0.39 is 0 Å². The summed E-state index contributed by atoms with van der Waals surface area (Å²) in [4.78, 5) is 31.0. The van der Waals surface area contributed by atoms with Crippen molar-refractivity contribution in [3.8, 4) is 11.3 Å². The van der Waals surface area contributed by atoms with Crippen LogP contribution in [0.2, 0.25) is 5.02 Å². The van der Waals surface area contributed by atoms with Gasteiger partial charge in [0.15, 0.2) is 0 Å². The molecule has 1 unspecified atom stereocenters. The number of aryl methyl sites for hydroxylation is 1. The summed E-state index contributed by atoms with van der Waals surface area (Å²) in [6.07, 6.45) is 8.17. The molecule has 0 spiro atoms. The molecule has 1 amide bonds. The molecule has 1 N–H and O–H groups in total. The van der Waals surface area contributed by atoms with Crippen molar-refractivity contribution in [2.75, 3.05) is 26.7 Å². The summed E-state index contributed by atoms with van der Waals surface area (Å²) in [5.74, 6) is 1.01. The SMILES string of the molecule is C=C(/N=C1\C(=C/C)C=C(c2ccc(-c3nccnc3C)cc2Cl)C(=O)N1CC)NC1CCN(C)C1. The smallest absolute Gasteiger partial charge is 0.260 e. The number of aliphatic imine (C=N–C) groups is 1. The largest absolute Gasteiger partial charge is 0.366 e. The zero-order valence-electron chi connectivity index (χ0n) is 20.7. The van der Waals surface area contributed by atoms with Crippen LogP contribution < -0.4 is 5.32 Å². The minimum Gasteiger partial charge on any atom is -0.366 e. The van der Waals surface area contributed by atoms with Crippen LogP contribution in [0.25, 0.3) is 16.8 Å². The standard InChI is InChI=1S/C27H31ClN6O/c1-6-19-14-23(22-9-8-20(15-24(22)28)25-17(3)29-11-12-30-25)27(35)34(7-2)26(19)32-18(4)31-21-10-13-33(5)16-21/h6,8-9,11-12,14-15,21,31H,4,7,10,13,16H2,1-3,5H3/b19-6-,32-26+. The topological polar surface area (TPSA) is 73.7 Å². The summed E-state index contributed by atoms with van der Waals surface area (Å²) < 4.78 is 0. The van der Waals surface area contributed by atoms with E-state index in [0.29, 0.717) is 40.4 Å². The van der Waals surface area contributed by atoms with E-state index in [1.54, 1.807) is 17.3 Å². The van der Waals surface area contributed by atoms with E-state index in [0.717, 1.165) is 42.0 Å². The second kappa shape index (κ2) is 10.5. The van der Waals surface area contributed by atoms with E-state index in [-0.39, 0.29) is 5.91 Å². The molecule has 3 heterocycles. The molecule has 7 nitrogen and oxygen atoms in total. The van der Waals surface area contributed by atoms with Crippen molar-refractivity contribution < 1.29 is 4.79 Å². The lowest BCUT2D eigenvalue weighted by Gasteiger charge is -2.30. The van der Waals surface area contributed by atoms with Gasteiger partial charge in [0.2, 0.25) is 0 Å². The van der Waals surface area contributed by atoms with Gasteiger partial charge in [-0.25, -0.2) is 4.99 Å². The van der Waals surface area contributed by atoms with Crippen molar-refractivity contribution in [2.45, 2.75) is 33.2 Å². The summed E-state index contributed by atoms with van der Waals surface area (Å²) in [5.41, 5.74) is 4.48. The van der Waals surface area contributed by atoms with Crippen LogP contribution in [-0.2, 0) is 4.79 Å². The highest BCUT2D eigenvalue weighted by Gasteiger charge is 2.31. The van der Waals surface area contributed by atoms with Gasteiger partial charge in [0.05, 0.1) is 11.4 Å². The van der Waals surface area contributed by atoms with Crippen LogP contribution in [0.5, 0.6) is 0 Å². The number of halogens is 1.